The molecule has 0 bridgehead atoms. The molecular formula is C18H31N3. The summed E-state index contributed by atoms with van der Waals surface area (Å²) in [5.74, 6) is 0. The third-order valence-corrected chi connectivity index (χ3v) is 2.40. The lowest BCUT2D eigenvalue weighted by Gasteiger charge is -1.98. The lowest BCUT2D eigenvalue weighted by Crippen LogP contribution is -2.04. The van der Waals surface area contributed by atoms with Crippen molar-refractivity contribution in [2.45, 2.75) is 27.8 Å². The van der Waals surface area contributed by atoms with Gasteiger partial charge in [0, 0.05) is 25.0 Å². The summed E-state index contributed by atoms with van der Waals surface area (Å²) in [6.07, 6.45) is 0. The molecule has 21 heavy (non-hydrogen) atoms. The normalized spacial score (nSPS) is 8.19. The zero-order valence-corrected chi connectivity index (χ0v) is 13.0. The Morgan fingerprint density at radius 2 is 1.52 bits per heavy atom. The van der Waals surface area contributed by atoms with Gasteiger partial charge in [-0.15, -0.1) is 0 Å². The predicted molar refractivity (Wildman–Crippen MR) is 97.7 cm³/mol. The average Bonchev–Trinajstić information content (AvgIpc) is 2.51. The molecule has 4 N–H and O–H groups in total. The van der Waals surface area contributed by atoms with Crippen LogP contribution in [0.5, 0.6) is 0 Å². The fourth-order valence-corrected chi connectivity index (χ4v) is 1.49. The van der Waals surface area contributed by atoms with Gasteiger partial charge in [0.2, 0.25) is 0 Å². The van der Waals surface area contributed by atoms with Crippen LogP contribution in [0.1, 0.15) is 26.8 Å². The van der Waals surface area contributed by atoms with Gasteiger partial charge in [-0.3, -0.25) is 0 Å². The Bertz CT molecular complexity index is 441. The Kier molecular flexibility index (Phi) is 14.6. The second-order valence-electron chi connectivity index (χ2n) is 3.89. The molecule has 118 valence electrons. The maximum Gasteiger partial charge on any atom is 0.0358 e. The first-order valence-electron chi connectivity index (χ1n) is 6.98. The van der Waals surface area contributed by atoms with Gasteiger partial charge in [-0.05, 0) is 30.8 Å². The lowest BCUT2D eigenvalue weighted by atomic mass is 10.2. The number of anilines is 2. The topological polar surface area (TPSA) is 50.1 Å². The first kappa shape index (κ1) is 21.3. The van der Waals surface area contributed by atoms with E-state index in [0.717, 1.165) is 17.9 Å². The molecule has 0 saturated carbocycles. The molecule has 0 spiro atoms. The molecule has 3 heteroatoms. The molecular weight excluding hydrogens is 258 g/mol. The van der Waals surface area contributed by atoms with Gasteiger partial charge in [0.05, 0.1) is 0 Å². The van der Waals surface area contributed by atoms with Crippen LogP contribution >= 0.6 is 0 Å². The standard InChI is InChI=1S/C8H11N.C7H10N2.C2H6.CH4/c1-9-7-8-5-3-2-4-6-8;1-9-7-4-2-3-6(8)5-7;1-2;/h2-6,9H,7H2,1H3;2-5,9H,8H2,1H3;1-2H3;1H4. The van der Waals surface area contributed by atoms with E-state index in [9.17, 15) is 0 Å². The van der Waals surface area contributed by atoms with Gasteiger partial charge in [-0.2, -0.15) is 0 Å². The molecule has 0 aliphatic rings. The quantitative estimate of drug-likeness (QED) is 0.735. The van der Waals surface area contributed by atoms with Crippen molar-refractivity contribution in [3.63, 3.8) is 0 Å². The van der Waals surface area contributed by atoms with E-state index in [1.807, 2.05) is 70.4 Å². The molecule has 0 saturated heterocycles. The summed E-state index contributed by atoms with van der Waals surface area (Å²) in [7, 11) is 3.82. The van der Waals surface area contributed by atoms with Crippen LogP contribution in [-0.4, -0.2) is 14.1 Å². The largest absolute Gasteiger partial charge is 0.399 e. The molecule has 0 heterocycles. The first-order valence-corrected chi connectivity index (χ1v) is 6.98. The molecule has 0 amide bonds. The molecule has 0 aliphatic carbocycles. The van der Waals surface area contributed by atoms with Crippen LogP contribution in [-0.2, 0) is 6.54 Å². The number of benzene rings is 2. The van der Waals surface area contributed by atoms with Gasteiger partial charge in [-0.1, -0.05) is 57.7 Å². The summed E-state index contributed by atoms with van der Waals surface area (Å²) < 4.78 is 0. The highest BCUT2D eigenvalue weighted by Gasteiger charge is 1.85. The number of hydrogen-bond acceptors (Lipinski definition) is 3. The third-order valence-electron chi connectivity index (χ3n) is 2.40. The first-order chi connectivity index (χ1) is 9.76. The fraction of sp³-hybridized carbons (Fsp3) is 0.333. The summed E-state index contributed by atoms with van der Waals surface area (Å²) in [5, 5.41) is 6.07. The summed E-state index contributed by atoms with van der Waals surface area (Å²) in [5.41, 5.74) is 8.67. The van der Waals surface area contributed by atoms with Gasteiger partial charge in [0.15, 0.2) is 0 Å². The maximum atomic E-state index is 5.49. The zero-order chi connectivity index (χ0) is 15.2. The molecule has 3 nitrogen and oxygen atoms in total. The third kappa shape index (κ3) is 10.4. The SMILES string of the molecule is C.CC.CNCc1ccccc1.CNc1cccc(N)c1. The van der Waals surface area contributed by atoms with Crippen molar-refractivity contribution in [3.8, 4) is 0 Å². The van der Waals surface area contributed by atoms with Crippen molar-refractivity contribution in [1.82, 2.24) is 5.32 Å². The van der Waals surface area contributed by atoms with E-state index in [0.29, 0.717) is 0 Å². The van der Waals surface area contributed by atoms with E-state index in [-0.39, 0.29) is 7.43 Å². The molecule has 0 aliphatic heterocycles. The van der Waals surface area contributed by atoms with E-state index in [2.05, 4.69) is 22.8 Å². The fourth-order valence-electron chi connectivity index (χ4n) is 1.49. The van der Waals surface area contributed by atoms with E-state index in [1.165, 1.54) is 5.56 Å². The van der Waals surface area contributed by atoms with Crippen molar-refractivity contribution in [1.29, 1.82) is 0 Å². The molecule has 0 fully saturated rings. The minimum Gasteiger partial charge on any atom is -0.399 e. The Balaban J connectivity index is 0. The van der Waals surface area contributed by atoms with Crippen LogP contribution in [0, 0.1) is 0 Å². The maximum absolute atomic E-state index is 5.49. The number of nitrogens with two attached hydrogens (primary N) is 1. The van der Waals surface area contributed by atoms with Crippen molar-refractivity contribution in [2.75, 3.05) is 25.1 Å². The van der Waals surface area contributed by atoms with E-state index in [1.54, 1.807) is 0 Å². The van der Waals surface area contributed by atoms with Crippen molar-refractivity contribution < 1.29 is 0 Å². The van der Waals surface area contributed by atoms with Crippen LogP contribution in [0.4, 0.5) is 11.4 Å². The lowest BCUT2D eigenvalue weighted by molar-refractivity contribution is 0.818. The van der Waals surface area contributed by atoms with Gasteiger partial charge in [-0.25, -0.2) is 0 Å². The highest BCUT2D eigenvalue weighted by atomic mass is 14.8. The molecule has 2 aromatic rings. The smallest absolute Gasteiger partial charge is 0.0358 e. The van der Waals surface area contributed by atoms with Crippen LogP contribution in [0.25, 0.3) is 0 Å². The predicted octanol–water partition coefficient (Wildman–Crippen LogP) is 4.38. The molecule has 0 radical (unpaired) electrons. The summed E-state index contributed by atoms with van der Waals surface area (Å²) >= 11 is 0. The number of nitrogen functional groups attached to an aromatic ring is 1. The minimum absolute atomic E-state index is 0. The monoisotopic (exact) mass is 289 g/mol. The summed E-state index contributed by atoms with van der Waals surface area (Å²) in [6.45, 7) is 4.96. The van der Waals surface area contributed by atoms with Gasteiger partial charge < -0.3 is 16.4 Å². The highest BCUT2D eigenvalue weighted by molar-refractivity contribution is 5.53. The van der Waals surface area contributed by atoms with Crippen LogP contribution < -0.4 is 16.4 Å². The second-order valence-corrected chi connectivity index (χ2v) is 3.89. The molecule has 0 atom stereocenters. The number of nitrogens with one attached hydrogen (secondary N) is 2. The van der Waals surface area contributed by atoms with Crippen LogP contribution in [0.3, 0.4) is 0 Å². The number of hydrogen-bond donors (Lipinski definition) is 3. The Labute approximate surface area is 130 Å². The molecule has 0 unspecified atom stereocenters. The van der Waals surface area contributed by atoms with Gasteiger partial charge in [0.25, 0.3) is 0 Å². The van der Waals surface area contributed by atoms with E-state index < -0.39 is 0 Å². The Hall–Kier alpha value is -2.00. The molecule has 2 aromatic carbocycles. The van der Waals surface area contributed by atoms with Crippen LogP contribution in [0.15, 0.2) is 54.6 Å². The van der Waals surface area contributed by atoms with Gasteiger partial charge in [0.1, 0.15) is 0 Å². The Morgan fingerprint density at radius 3 is 1.95 bits per heavy atom. The second kappa shape index (κ2) is 14.4. The number of rotatable bonds is 3. The van der Waals surface area contributed by atoms with E-state index in [4.69, 9.17) is 5.73 Å². The molecule has 0 aromatic heterocycles. The minimum atomic E-state index is 0. The van der Waals surface area contributed by atoms with Crippen molar-refractivity contribution >= 4 is 11.4 Å². The van der Waals surface area contributed by atoms with E-state index >= 15 is 0 Å². The van der Waals surface area contributed by atoms with Crippen molar-refractivity contribution in [2.24, 2.45) is 0 Å². The molecule has 2 rings (SSSR count). The van der Waals surface area contributed by atoms with Gasteiger partial charge >= 0.3 is 0 Å². The average molecular weight is 289 g/mol. The van der Waals surface area contributed by atoms with Crippen molar-refractivity contribution in [3.05, 3.63) is 60.2 Å². The summed E-state index contributed by atoms with van der Waals surface area (Å²) in [6, 6.07) is 18.0. The zero-order valence-electron chi connectivity index (χ0n) is 13.0. The summed E-state index contributed by atoms with van der Waals surface area (Å²) in [4.78, 5) is 0. The highest BCUT2D eigenvalue weighted by Crippen LogP contribution is 2.09. The Morgan fingerprint density at radius 1 is 0.905 bits per heavy atom. The van der Waals surface area contributed by atoms with Crippen LogP contribution in [0.2, 0.25) is 0 Å².